The number of nitrogens with one attached hydrogen (secondary N) is 1. The zero-order chi connectivity index (χ0) is 19.6. The SMILES string of the molecule is O=C(NC[C@@H]1CN(c2cccc(Cl)c2)C(=O)O1)c1cccc(C(F)(F)F)c1. The molecule has 1 N–H and O–H groups in total. The molecule has 0 aromatic heterocycles. The quantitative estimate of drug-likeness (QED) is 0.843. The van der Waals surface area contributed by atoms with Crippen LogP contribution in [-0.4, -0.2) is 31.2 Å². The van der Waals surface area contributed by atoms with Gasteiger partial charge in [0.15, 0.2) is 0 Å². The van der Waals surface area contributed by atoms with Crippen LogP contribution in [0.1, 0.15) is 15.9 Å². The topological polar surface area (TPSA) is 58.6 Å². The van der Waals surface area contributed by atoms with Crippen molar-refractivity contribution < 1.29 is 27.5 Å². The van der Waals surface area contributed by atoms with Gasteiger partial charge in [-0.05, 0) is 36.4 Å². The van der Waals surface area contributed by atoms with E-state index in [1.54, 1.807) is 24.3 Å². The van der Waals surface area contributed by atoms with Crippen molar-refractivity contribution in [3.05, 3.63) is 64.7 Å². The minimum atomic E-state index is -4.53. The molecule has 1 fully saturated rings. The van der Waals surface area contributed by atoms with Crippen LogP contribution in [0.5, 0.6) is 0 Å². The molecule has 0 radical (unpaired) electrons. The number of ether oxygens (including phenoxy) is 1. The second kappa shape index (κ2) is 7.48. The van der Waals surface area contributed by atoms with Gasteiger partial charge in [0.1, 0.15) is 6.10 Å². The second-order valence-corrected chi connectivity index (χ2v) is 6.32. The maximum Gasteiger partial charge on any atom is 0.416 e. The van der Waals surface area contributed by atoms with E-state index in [1.807, 2.05) is 0 Å². The molecule has 0 aliphatic carbocycles. The molecule has 0 spiro atoms. The minimum absolute atomic E-state index is 0.0299. The third-order valence-electron chi connectivity index (χ3n) is 3.94. The Balaban J connectivity index is 1.61. The van der Waals surface area contributed by atoms with Gasteiger partial charge in [-0.15, -0.1) is 0 Å². The number of benzene rings is 2. The number of cyclic esters (lactones) is 1. The Morgan fingerprint density at radius 2 is 1.96 bits per heavy atom. The van der Waals surface area contributed by atoms with E-state index in [-0.39, 0.29) is 18.7 Å². The highest BCUT2D eigenvalue weighted by molar-refractivity contribution is 6.30. The number of hydrogen-bond donors (Lipinski definition) is 1. The van der Waals surface area contributed by atoms with Crippen molar-refractivity contribution in [2.24, 2.45) is 0 Å². The average Bonchev–Trinajstić information content (AvgIpc) is 3.00. The van der Waals surface area contributed by atoms with E-state index >= 15 is 0 Å². The lowest BCUT2D eigenvalue weighted by atomic mass is 10.1. The first-order valence-corrected chi connectivity index (χ1v) is 8.31. The van der Waals surface area contributed by atoms with E-state index in [2.05, 4.69) is 5.32 Å². The highest BCUT2D eigenvalue weighted by Gasteiger charge is 2.33. The Morgan fingerprint density at radius 3 is 2.67 bits per heavy atom. The van der Waals surface area contributed by atoms with Gasteiger partial charge >= 0.3 is 12.3 Å². The summed E-state index contributed by atoms with van der Waals surface area (Å²) in [5.41, 5.74) is -0.477. The summed E-state index contributed by atoms with van der Waals surface area (Å²) in [5, 5.41) is 2.95. The van der Waals surface area contributed by atoms with Gasteiger partial charge in [-0.3, -0.25) is 9.69 Å². The maximum absolute atomic E-state index is 12.7. The second-order valence-electron chi connectivity index (χ2n) is 5.88. The number of rotatable bonds is 4. The first-order chi connectivity index (χ1) is 12.7. The first-order valence-electron chi connectivity index (χ1n) is 7.93. The molecule has 5 nitrogen and oxygen atoms in total. The van der Waals surface area contributed by atoms with Gasteiger partial charge in [0.05, 0.1) is 18.7 Å². The van der Waals surface area contributed by atoms with Crippen LogP contribution in [0.3, 0.4) is 0 Å². The molecule has 0 bridgehead atoms. The standard InChI is InChI=1S/C18H14ClF3N2O3/c19-13-5-2-6-14(8-13)24-10-15(27-17(24)26)9-23-16(25)11-3-1-4-12(7-11)18(20,21)22/h1-8,15H,9-10H2,(H,23,25)/t15-/m1/s1. The van der Waals surface area contributed by atoms with Crippen molar-refractivity contribution >= 4 is 29.3 Å². The van der Waals surface area contributed by atoms with Crippen LogP contribution in [0.15, 0.2) is 48.5 Å². The number of amides is 2. The zero-order valence-electron chi connectivity index (χ0n) is 13.8. The van der Waals surface area contributed by atoms with Crippen LogP contribution in [-0.2, 0) is 10.9 Å². The fourth-order valence-corrected chi connectivity index (χ4v) is 2.81. The predicted octanol–water partition coefficient (Wildman–Crippen LogP) is 4.11. The Morgan fingerprint density at radius 1 is 1.22 bits per heavy atom. The lowest BCUT2D eigenvalue weighted by Crippen LogP contribution is -2.34. The predicted molar refractivity (Wildman–Crippen MR) is 92.8 cm³/mol. The van der Waals surface area contributed by atoms with E-state index in [4.69, 9.17) is 16.3 Å². The molecular weight excluding hydrogens is 385 g/mol. The molecule has 142 valence electrons. The summed E-state index contributed by atoms with van der Waals surface area (Å²) in [5.74, 6) is -0.682. The third kappa shape index (κ3) is 4.51. The van der Waals surface area contributed by atoms with Crippen molar-refractivity contribution in [1.82, 2.24) is 5.32 Å². The average molecular weight is 399 g/mol. The van der Waals surface area contributed by atoms with Crippen LogP contribution in [0.4, 0.5) is 23.7 Å². The zero-order valence-corrected chi connectivity index (χ0v) is 14.6. The summed E-state index contributed by atoms with van der Waals surface area (Å²) in [7, 11) is 0. The molecule has 1 aliphatic heterocycles. The van der Waals surface area contributed by atoms with Crippen LogP contribution in [0, 0.1) is 0 Å². The summed E-state index contributed by atoms with van der Waals surface area (Å²) >= 11 is 5.91. The molecule has 1 atom stereocenters. The Hall–Kier alpha value is -2.74. The van der Waals surface area contributed by atoms with E-state index in [0.29, 0.717) is 10.7 Å². The van der Waals surface area contributed by atoms with Crippen LogP contribution in [0.25, 0.3) is 0 Å². The Bertz CT molecular complexity index is 873. The molecule has 0 saturated carbocycles. The number of carbonyl (C=O) groups excluding carboxylic acids is 2. The molecule has 3 rings (SSSR count). The Kier molecular flexibility index (Phi) is 5.27. The third-order valence-corrected chi connectivity index (χ3v) is 4.17. The first kappa shape index (κ1) is 19.0. The lowest BCUT2D eigenvalue weighted by Gasteiger charge is -2.13. The molecular formula is C18H14ClF3N2O3. The summed E-state index contributed by atoms with van der Waals surface area (Å²) < 4.78 is 43.4. The number of alkyl halides is 3. The van der Waals surface area contributed by atoms with Gasteiger partial charge in [0.25, 0.3) is 5.91 Å². The number of hydrogen-bond acceptors (Lipinski definition) is 3. The van der Waals surface area contributed by atoms with Crippen molar-refractivity contribution in [3.63, 3.8) is 0 Å². The molecule has 1 heterocycles. The van der Waals surface area contributed by atoms with Gasteiger partial charge in [-0.25, -0.2) is 4.79 Å². The summed E-state index contributed by atoms with van der Waals surface area (Å²) in [4.78, 5) is 25.5. The monoisotopic (exact) mass is 398 g/mol. The summed E-state index contributed by atoms with van der Waals surface area (Å²) in [6, 6.07) is 10.8. The van der Waals surface area contributed by atoms with Crippen molar-refractivity contribution in [2.75, 3.05) is 18.0 Å². The van der Waals surface area contributed by atoms with Gasteiger partial charge in [0.2, 0.25) is 0 Å². The van der Waals surface area contributed by atoms with Gasteiger partial charge in [-0.2, -0.15) is 13.2 Å². The molecule has 0 unspecified atom stereocenters. The number of halogens is 4. The number of nitrogens with zero attached hydrogens (tertiary/aromatic N) is 1. The molecule has 1 aliphatic rings. The summed E-state index contributed by atoms with van der Waals surface area (Å²) in [6.45, 7) is 0.153. The van der Waals surface area contributed by atoms with Crippen LogP contribution >= 0.6 is 11.6 Å². The van der Waals surface area contributed by atoms with E-state index in [9.17, 15) is 22.8 Å². The van der Waals surface area contributed by atoms with E-state index in [1.165, 1.54) is 11.0 Å². The molecule has 1 saturated heterocycles. The fraction of sp³-hybridized carbons (Fsp3) is 0.222. The Labute approximate surface area is 157 Å². The molecule has 2 aromatic carbocycles. The van der Waals surface area contributed by atoms with Crippen molar-refractivity contribution in [3.8, 4) is 0 Å². The minimum Gasteiger partial charge on any atom is -0.442 e. The van der Waals surface area contributed by atoms with Gasteiger partial charge < -0.3 is 10.1 Å². The largest absolute Gasteiger partial charge is 0.442 e. The van der Waals surface area contributed by atoms with E-state index < -0.39 is 29.8 Å². The number of carbonyl (C=O) groups is 2. The molecule has 9 heteroatoms. The number of anilines is 1. The lowest BCUT2D eigenvalue weighted by molar-refractivity contribution is -0.137. The van der Waals surface area contributed by atoms with E-state index in [0.717, 1.165) is 18.2 Å². The van der Waals surface area contributed by atoms with Crippen LogP contribution in [0.2, 0.25) is 5.02 Å². The maximum atomic E-state index is 12.7. The fourth-order valence-electron chi connectivity index (χ4n) is 2.63. The van der Waals surface area contributed by atoms with Crippen LogP contribution < -0.4 is 10.2 Å². The highest BCUT2D eigenvalue weighted by Crippen LogP contribution is 2.29. The molecule has 2 amide bonds. The van der Waals surface area contributed by atoms with Crippen molar-refractivity contribution in [2.45, 2.75) is 12.3 Å². The van der Waals surface area contributed by atoms with Crippen molar-refractivity contribution in [1.29, 1.82) is 0 Å². The normalized spacial score (nSPS) is 17.0. The smallest absolute Gasteiger partial charge is 0.416 e. The highest BCUT2D eigenvalue weighted by atomic mass is 35.5. The van der Waals surface area contributed by atoms with Gasteiger partial charge in [0, 0.05) is 16.3 Å². The molecule has 2 aromatic rings. The summed E-state index contributed by atoms with van der Waals surface area (Å²) in [6.07, 6.45) is -5.75. The molecule has 27 heavy (non-hydrogen) atoms. The van der Waals surface area contributed by atoms with Gasteiger partial charge in [-0.1, -0.05) is 23.7 Å².